The van der Waals surface area contributed by atoms with E-state index in [1.165, 1.54) is 12.1 Å². The summed E-state index contributed by atoms with van der Waals surface area (Å²) in [5, 5.41) is 1.11. The lowest BCUT2D eigenvalue weighted by molar-refractivity contribution is 0.626. The smallest absolute Gasteiger partial charge is 0.123 e. The van der Waals surface area contributed by atoms with Gasteiger partial charge in [0, 0.05) is 16.7 Å². The Bertz CT molecular complexity index is 575. The van der Waals surface area contributed by atoms with Crippen molar-refractivity contribution < 1.29 is 4.39 Å². The molecule has 1 atom stereocenters. The predicted molar refractivity (Wildman–Crippen MR) is 85.3 cm³/mol. The minimum Gasteiger partial charge on any atom is -0.327 e. The maximum Gasteiger partial charge on any atom is 0.123 e. The summed E-state index contributed by atoms with van der Waals surface area (Å²) in [5.41, 5.74) is 7.06. The third-order valence-electron chi connectivity index (χ3n) is 2.79. The van der Waals surface area contributed by atoms with Crippen molar-refractivity contribution in [3.8, 4) is 0 Å². The van der Waals surface area contributed by atoms with Crippen LogP contribution in [0.3, 0.4) is 0 Å². The van der Waals surface area contributed by atoms with E-state index in [1.54, 1.807) is 30.0 Å². The first-order chi connectivity index (χ1) is 9.56. The van der Waals surface area contributed by atoms with E-state index >= 15 is 0 Å². The van der Waals surface area contributed by atoms with E-state index in [4.69, 9.17) is 28.9 Å². The van der Waals surface area contributed by atoms with E-state index in [-0.39, 0.29) is 11.9 Å². The number of hydrogen-bond acceptors (Lipinski definition) is 2. The van der Waals surface area contributed by atoms with E-state index in [1.807, 2.05) is 12.1 Å². The molecule has 0 saturated carbocycles. The molecule has 0 aliphatic rings. The minimum absolute atomic E-state index is 0.0407. The van der Waals surface area contributed by atoms with Crippen LogP contribution in [0.2, 0.25) is 10.0 Å². The molecular weight excluding hydrogens is 316 g/mol. The third kappa shape index (κ3) is 4.38. The summed E-state index contributed by atoms with van der Waals surface area (Å²) in [7, 11) is 0. The zero-order valence-corrected chi connectivity index (χ0v) is 13.0. The molecule has 0 aliphatic heterocycles. The van der Waals surface area contributed by atoms with Crippen molar-refractivity contribution in [3.63, 3.8) is 0 Å². The summed E-state index contributed by atoms with van der Waals surface area (Å²) in [6, 6.07) is 11.9. The van der Waals surface area contributed by atoms with Crippen molar-refractivity contribution in [1.29, 1.82) is 0 Å². The number of rotatable bonds is 5. The topological polar surface area (TPSA) is 26.0 Å². The Balaban J connectivity index is 1.91. The van der Waals surface area contributed by atoms with Gasteiger partial charge >= 0.3 is 0 Å². The zero-order valence-electron chi connectivity index (χ0n) is 10.7. The SMILES string of the molecule is NC(CSc1ccc(F)cc1)Cc1cccc(Cl)c1Cl. The number of benzene rings is 2. The Morgan fingerprint density at radius 2 is 1.80 bits per heavy atom. The minimum atomic E-state index is -0.232. The molecule has 1 unspecified atom stereocenters. The van der Waals surface area contributed by atoms with Gasteiger partial charge in [-0.05, 0) is 42.3 Å². The van der Waals surface area contributed by atoms with Crippen LogP contribution in [-0.4, -0.2) is 11.8 Å². The van der Waals surface area contributed by atoms with Gasteiger partial charge in [-0.2, -0.15) is 0 Å². The lowest BCUT2D eigenvalue weighted by Crippen LogP contribution is -2.25. The summed E-state index contributed by atoms with van der Waals surface area (Å²) in [4.78, 5) is 0.999. The van der Waals surface area contributed by atoms with Crippen molar-refractivity contribution in [2.45, 2.75) is 17.4 Å². The number of nitrogens with two attached hydrogens (primary N) is 1. The molecule has 2 aromatic rings. The third-order valence-corrected chi connectivity index (χ3v) is 4.85. The van der Waals surface area contributed by atoms with E-state index in [2.05, 4.69) is 0 Å². The highest BCUT2D eigenvalue weighted by molar-refractivity contribution is 7.99. The van der Waals surface area contributed by atoms with Crippen LogP contribution >= 0.6 is 35.0 Å². The van der Waals surface area contributed by atoms with Crippen LogP contribution < -0.4 is 5.73 Å². The second kappa shape index (κ2) is 7.32. The predicted octanol–water partition coefficient (Wildman–Crippen LogP) is 4.79. The van der Waals surface area contributed by atoms with Gasteiger partial charge in [-0.1, -0.05) is 35.3 Å². The average molecular weight is 330 g/mol. The Morgan fingerprint density at radius 3 is 2.50 bits per heavy atom. The monoisotopic (exact) mass is 329 g/mol. The zero-order chi connectivity index (χ0) is 14.5. The van der Waals surface area contributed by atoms with Gasteiger partial charge < -0.3 is 5.73 Å². The van der Waals surface area contributed by atoms with Gasteiger partial charge in [-0.15, -0.1) is 11.8 Å². The fourth-order valence-corrected chi connectivity index (χ4v) is 3.03. The summed E-state index contributed by atoms with van der Waals surface area (Å²) < 4.78 is 12.8. The average Bonchev–Trinajstić information content (AvgIpc) is 2.43. The summed E-state index contributed by atoms with van der Waals surface area (Å²) >= 11 is 13.7. The summed E-state index contributed by atoms with van der Waals surface area (Å²) in [5.74, 6) is 0.499. The molecule has 0 heterocycles. The first-order valence-corrected chi connectivity index (χ1v) is 7.87. The van der Waals surface area contributed by atoms with Crippen LogP contribution in [0.4, 0.5) is 4.39 Å². The van der Waals surface area contributed by atoms with Crippen LogP contribution in [0, 0.1) is 5.82 Å². The Kier molecular flexibility index (Phi) is 5.73. The van der Waals surface area contributed by atoms with Gasteiger partial charge in [0.15, 0.2) is 0 Å². The lowest BCUT2D eigenvalue weighted by atomic mass is 10.1. The Morgan fingerprint density at radius 1 is 1.10 bits per heavy atom. The fraction of sp³-hybridized carbons (Fsp3) is 0.200. The number of hydrogen-bond donors (Lipinski definition) is 1. The molecule has 20 heavy (non-hydrogen) atoms. The van der Waals surface area contributed by atoms with Crippen molar-refractivity contribution in [1.82, 2.24) is 0 Å². The van der Waals surface area contributed by atoms with E-state index in [0.29, 0.717) is 16.5 Å². The van der Waals surface area contributed by atoms with Gasteiger partial charge in [-0.3, -0.25) is 0 Å². The van der Waals surface area contributed by atoms with Gasteiger partial charge in [0.25, 0.3) is 0 Å². The van der Waals surface area contributed by atoms with Crippen LogP contribution in [-0.2, 0) is 6.42 Å². The first-order valence-electron chi connectivity index (χ1n) is 6.13. The normalized spacial score (nSPS) is 12.4. The van der Waals surface area contributed by atoms with Crippen molar-refractivity contribution in [2.75, 3.05) is 5.75 Å². The second-order valence-electron chi connectivity index (χ2n) is 4.44. The van der Waals surface area contributed by atoms with E-state index in [0.717, 1.165) is 16.2 Å². The Hall–Kier alpha value is -0.740. The molecular formula is C15H14Cl2FNS. The fourth-order valence-electron chi connectivity index (χ4n) is 1.78. The molecule has 0 radical (unpaired) electrons. The Labute approximate surface area is 132 Å². The molecule has 2 aromatic carbocycles. The maximum atomic E-state index is 12.8. The van der Waals surface area contributed by atoms with Crippen molar-refractivity contribution in [2.24, 2.45) is 5.73 Å². The molecule has 0 aliphatic carbocycles. The molecule has 106 valence electrons. The highest BCUT2D eigenvalue weighted by Gasteiger charge is 2.10. The second-order valence-corrected chi connectivity index (χ2v) is 6.32. The summed E-state index contributed by atoms with van der Waals surface area (Å²) in [6.45, 7) is 0. The molecule has 0 bridgehead atoms. The molecule has 0 amide bonds. The molecule has 0 aromatic heterocycles. The first kappa shape index (κ1) is 15.6. The van der Waals surface area contributed by atoms with Gasteiger partial charge in [0.1, 0.15) is 5.82 Å². The van der Waals surface area contributed by atoms with Crippen molar-refractivity contribution >= 4 is 35.0 Å². The van der Waals surface area contributed by atoms with Crippen molar-refractivity contribution in [3.05, 3.63) is 63.9 Å². The van der Waals surface area contributed by atoms with E-state index in [9.17, 15) is 4.39 Å². The number of thioether (sulfide) groups is 1. The highest BCUT2D eigenvalue weighted by atomic mass is 35.5. The molecule has 0 spiro atoms. The lowest BCUT2D eigenvalue weighted by Gasteiger charge is -2.13. The maximum absolute atomic E-state index is 12.8. The van der Waals surface area contributed by atoms with Crippen LogP contribution in [0.1, 0.15) is 5.56 Å². The summed E-state index contributed by atoms with van der Waals surface area (Å²) in [6.07, 6.45) is 0.660. The molecule has 0 fully saturated rings. The molecule has 0 saturated heterocycles. The van der Waals surface area contributed by atoms with Gasteiger partial charge in [0.2, 0.25) is 0 Å². The highest BCUT2D eigenvalue weighted by Crippen LogP contribution is 2.27. The quantitative estimate of drug-likeness (QED) is 0.798. The number of halogens is 3. The molecule has 2 N–H and O–H groups in total. The molecule has 5 heteroatoms. The standard InChI is InChI=1S/C15H14Cl2FNS/c16-14-3-1-2-10(15(14)17)8-12(19)9-20-13-6-4-11(18)5-7-13/h1-7,12H,8-9,19H2. The van der Waals surface area contributed by atoms with Crippen LogP contribution in [0.15, 0.2) is 47.4 Å². The van der Waals surface area contributed by atoms with Gasteiger partial charge in [0.05, 0.1) is 10.0 Å². The molecule has 1 nitrogen and oxygen atoms in total. The largest absolute Gasteiger partial charge is 0.327 e. The van der Waals surface area contributed by atoms with Crippen LogP contribution in [0.25, 0.3) is 0 Å². The van der Waals surface area contributed by atoms with Crippen LogP contribution in [0.5, 0.6) is 0 Å². The molecule has 2 rings (SSSR count). The van der Waals surface area contributed by atoms with E-state index < -0.39 is 0 Å². The van der Waals surface area contributed by atoms with Gasteiger partial charge in [-0.25, -0.2) is 4.39 Å².